The van der Waals surface area contributed by atoms with E-state index in [-0.39, 0.29) is 11.8 Å². The first-order valence-corrected chi connectivity index (χ1v) is 7.17. The summed E-state index contributed by atoms with van der Waals surface area (Å²) in [6.07, 6.45) is 1.93. The van der Waals surface area contributed by atoms with Crippen LogP contribution >= 0.6 is 11.6 Å². The maximum Gasteiger partial charge on any atom is 0.228 e. The quantitative estimate of drug-likeness (QED) is 0.906. The molecule has 5 nitrogen and oxygen atoms in total. The lowest BCUT2D eigenvalue weighted by atomic mass is 10.2. The van der Waals surface area contributed by atoms with Crippen molar-refractivity contribution in [3.63, 3.8) is 0 Å². The normalized spacial score (nSPS) is 13.8. The molecule has 1 aromatic heterocycles. The van der Waals surface area contributed by atoms with Gasteiger partial charge in [-0.15, -0.1) is 10.2 Å². The second kappa shape index (κ2) is 5.69. The summed E-state index contributed by atoms with van der Waals surface area (Å²) in [4.78, 5) is 11.6. The Balaban J connectivity index is 1.67. The highest BCUT2D eigenvalue weighted by Crippen LogP contribution is 2.30. The average Bonchev–Trinajstić information content (AvgIpc) is 3.28. The van der Waals surface area contributed by atoms with Gasteiger partial charge in [0, 0.05) is 16.6 Å². The minimum atomic E-state index is 0.0264. The van der Waals surface area contributed by atoms with E-state index in [1.807, 2.05) is 25.1 Å². The summed E-state index contributed by atoms with van der Waals surface area (Å²) in [7, 11) is 0. The van der Waals surface area contributed by atoms with E-state index in [9.17, 15) is 4.79 Å². The molecular weight excluding hydrogens is 288 g/mol. The van der Waals surface area contributed by atoms with E-state index in [2.05, 4.69) is 20.8 Å². The Morgan fingerprint density at radius 1 is 1.19 bits per heavy atom. The Morgan fingerprint density at radius 2 is 1.90 bits per heavy atom. The number of carbonyl (C=O) groups is 1. The molecule has 0 saturated heterocycles. The Labute approximate surface area is 127 Å². The summed E-state index contributed by atoms with van der Waals surface area (Å²) >= 11 is 5.92. The van der Waals surface area contributed by atoms with E-state index in [0.29, 0.717) is 16.7 Å². The third kappa shape index (κ3) is 3.49. The third-order valence-corrected chi connectivity index (χ3v) is 3.55. The minimum absolute atomic E-state index is 0.0264. The zero-order valence-electron chi connectivity index (χ0n) is 11.6. The van der Waals surface area contributed by atoms with Crippen molar-refractivity contribution in [2.24, 2.45) is 5.92 Å². The average molecular weight is 303 g/mol. The monoisotopic (exact) mass is 302 g/mol. The van der Waals surface area contributed by atoms with E-state index >= 15 is 0 Å². The number of rotatable bonds is 4. The van der Waals surface area contributed by atoms with Gasteiger partial charge in [0.1, 0.15) is 0 Å². The molecular formula is C15H15ClN4O. The lowest BCUT2D eigenvalue weighted by Gasteiger charge is -2.09. The van der Waals surface area contributed by atoms with Crippen molar-refractivity contribution >= 4 is 34.8 Å². The molecule has 0 aliphatic heterocycles. The number of aromatic nitrogens is 2. The fourth-order valence-corrected chi connectivity index (χ4v) is 2.17. The molecule has 21 heavy (non-hydrogen) atoms. The third-order valence-electron chi connectivity index (χ3n) is 3.32. The lowest BCUT2D eigenvalue weighted by molar-refractivity contribution is -0.117. The Morgan fingerprint density at radius 3 is 2.52 bits per heavy atom. The summed E-state index contributed by atoms with van der Waals surface area (Å²) in [5.74, 6) is 1.27. The molecule has 0 bridgehead atoms. The number of carbonyl (C=O) groups excluding carboxylic acids is 1. The predicted molar refractivity (Wildman–Crippen MR) is 82.9 cm³/mol. The summed E-state index contributed by atoms with van der Waals surface area (Å²) < 4.78 is 0. The van der Waals surface area contributed by atoms with Gasteiger partial charge in [-0.05, 0) is 55.7 Å². The fourth-order valence-electron chi connectivity index (χ4n) is 1.94. The molecule has 1 saturated carbocycles. The highest BCUT2D eigenvalue weighted by atomic mass is 35.5. The van der Waals surface area contributed by atoms with Crippen molar-refractivity contribution in [3.05, 3.63) is 40.9 Å². The van der Waals surface area contributed by atoms with Crippen LogP contribution in [0.2, 0.25) is 5.02 Å². The number of anilines is 3. The van der Waals surface area contributed by atoms with Crippen molar-refractivity contribution in [3.8, 4) is 0 Å². The van der Waals surface area contributed by atoms with Crippen LogP contribution in [0.1, 0.15) is 18.4 Å². The fraction of sp³-hybridized carbons (Fsp3) is 0.267. The number of aryl methyl sites for hydroxylation is 1. The zero-order chi connectivity index (χ0) is 14.8. The molecule has 2 aromatic rings. The van der Waals surface area contributed by atoms with Crippen LogP contribution in [0.25, 0.3) is 0 Å². The predicted octanol–water partition coefficient (Wildman–Crippen LogP) is 3.53. The second-order valence-electron chi connectivity index (χ2n) is 5.15. The number of hydrogen-bond donors (Lipinski definition) is 2. The summed E-state index contributed by atoms with van der Waals surface area (Å²) in [5, 5.41) is 14.7. The molecule has 0 atom stereocenters. The topological polar surface area (TPSA) is 66.9 Å². The molecule has 1 amide bonds. The number of nitrogens with zero attached hydrogens (tertiary/aromatic N) is 2. The molecule has 1 aromatic carbocycles. The summed E-state index contributed by atoms with van der Waals surface area (Å²) in [6, 6.07) is 9.10. The zero-order valence-corrected chi connectivity index (χ0v) is 12.3. The van der Waals surface area contributed by atoms with Gasteiger partial charge < -0.3 is 10.6 Å². The van der Waals surface area contributed by atoms with E-state index < -0.39 is 0 Å². The molecule has 1 aliphatic rings. The van der Waals surface area contributed by atoms with Crippen LogP contribution in [0.15, 0.2) is 30.3 Å². The van der Waals surface area contributed by atoms with Crippen molar-refractivity contribution in [2.45, 2.75) is 19.8 Å². The van der Waals surface area contributed by atoms with Crippen LogP contribution in [0, 0.1) is 12.8 Å². The number of halogens is 1. The maximum absolute atomic E-state index is 11.6. The molecule has 2 N–H and O–H groups in total. The van der Waals surface area contributed by atoms with Gasteiger partial charge in [-0.3, -0.25) is 4.79 Å². The maximum atomic E-state index is 11.6. The van der Waals surface area contributed by atoms with Crippen molar-refractivity contribution in [1.29, 1.82) is 0 Å². The number of benzene rings is 1. The largest absolute Gasteiger partial charge is 0.339 e. The van der Waals surface area contributed by atoms with Gasteiger partial charge in [0.25, 0.3) is 0 Å². The van der Waals surface area contributed by atoms with Gasteiger partial charge in [-0.1, -0.05) is 11.6 Å². The van der Waals surface area contributed by atoms with Gasteiger partial charge in [0.15, 0.2) is 11.6 Å². The smallest absolute Gasteiger partial charge is 0.228 e. The molecule has 1 aliphatic carbocycles. The number of amides is 1. The minimum Gasteiger partial charge on any atom is -0.339 e. The van der Waals surface area contributed by atoms with Gasteiger partial charge in [0.05, 0.1) is 0 Å². The Kier molecular flexibility index (Phi) is 3.75. The molecule has 3 rings (SSSR count). The van der Waals surface area contributed by atoms with Crippen LogP contribution in [-0.2, 0) is 4.79 Å². The highest BCUT2D eigenvalue weighted by Gasteiger charge is 2.29. The number of nitrogens with one attached hydrogen (secondary N) is 2. The summed E-state index contributed by atoms with van der Waals surface area (Å²) in [6.45, 7) is 1.96. The summed E-state index contributed by atoms with van der Waals surface area (Å²) in [5.41, 5.74) is 1.94. The van der Waals surface area contributed by atoms with E-state index in [1.54, 1.807) is 12.1 Å². The highest BCUT2D eigenvalue weighted by molar-refractivity contribution is 6.30. The lowest BCUT2D eigenvalue weighted by Crippen LogP contribution is -2.14. The SMILES string of the molecule is Cc1cc(Cl)ccc1Nc1ccc(NC(=O)C2CC2)nn1. The first-order chi connectivity index (χ1) is 10.1. The Hall–Kier alpha value is -2.14. The molecule has 0 unspecified atom stereocenters. The standard InChI is InChI=1S/C15H15ClN4O/c1-9-8-11(16)4-5-12(9)17-13-6-7-14(20-19-13)18-15(21)10-2-3-10/h4-8,10H,2-3H2,1H3,(H,17,19)(H,18,20,21). The Bertz CT molecular complexity index is 668. The van der Waals surface area contributed by atoms with Crippen molar-refractivity contribution in [1.82, 2.24) is 10.2 Å². The van der Waals surface area contributed by atoms with Gasteiger partial charge in [-0.2, -0.15) is 0 Å². The van der Waals surface area contributed by atoms with Gasteiger partial charge in [-0.25, -0.2) is 0 Å². The van der Waals surface area contributed by atoms with Crippen LogP contribution in [0.4, 0.5) is 17.3 Å². The van der Waals surface area contributed by atoms with Crippen molar-refractivity contribution in [2.75, 3.05) is 10.6 Å². The molecule has 1 fully saturated rings. The van der Waals surface area contributed by atoms with Crippen molar-refractivity contribution < 1.29 is 4.79 Å². The van der Waals surface area contributed by atoms with Gasteiger partial charge >= 0.3 is 0 Å². The van der Waals surface area contributed by atoms with E-state index in [1.165, 1.54) is 0 Å². The molecule has 108 valence electrons. The molecule has 0 spiro atoms. The molecule has 0 radical (unpaired) electrons. The van der Waals surface area contributed by atoms with Crippen LogP contribution in [0.3, 0.4) is 0 Å². The van der Waals surface area contributed by atoms with E-state index in [4.69, 9.17) is 11.6 Å². The first kappa shape index (κ1) is 13.8. The van der Waals surface area contributed by atoms with Crippen LogP contribution < -0.4 is 10.6 Å². The second-order valence-corrected chi connectivity index (χ2v) is 5.59. The number of hydrogen-bond acceptors (Lipinski definition) is 4. The van der Waals surface area contributed by atoms with Crippen LogP contribution in [-0.4, -0.2) is 16.1 Å². The molecule has 6 heteroatoms. The van der Waals surface area contributed by atoms with E-state index in [0.717, 1.165) is 24.1 Å². The van der Waals surface area contributed by atoms with Gasteiger partial charge in [0.2, 0.25) is 5.91 Å². The first-order valence-electron chi connectivity index (χ1n) is 6.79. The molecule has 1 heterocycles. The van der Waals surface area contributed by atoms with Crippen LogP contribution in [0.5, 0.6) is 0 Å².